The van der Waals surface area contributed by atoms with Gasteiger partial charge in [0.15, 0.2) is 0 Å². The van der Waals surface area contributed by atoms with E-state index in [1.807, 2.05) is 0 Å². The van der Waals surface area contributed by atoms with Crippen molar-refractivity contribution in [1.29, 1.82) is 0 Å². The van der Waals surface area contributed by atoms with Crippen LogP contribution in [0, 0.1) is 27.7 Å². The lowest BCUT2D eigenvalue weighted by atomic mass is 9.79. The van der Waals surface area contributed by atoms with Crippen LogP contribution in [0.3, 0.4) is 0 Å². The fraction of sp³-hybridized carbons (Fsp3) is 0.182. The summed E-state index contributed by atoms with van der Waals surface area (Å²) in [5.74, 6) is 0. The molecule has 0 spiro atoms. The molecule has 2 nitrogen and oxygen atoms in total. The highest BCUT2D eigenvalue weighted by Crippen LogP contribution is 2.55. The Morgan fingerprint density at radius 2 is 0.807 bits per heavy atom. The second-order valence-electron chi connectivity index (χ2n) is 17.5. The molecule has 0 N–H and O–H groups in total. The molecule has 0 amide bonds. The molecule has 0 unspecified atom stereocenters. The van der Waals surface area contributed by atoms with Crippen molar-refractivity contribution < 1.29 is 0 Å². The molecular weight excluding hydrogens is 689 g/mol. The van der Waals surface area contributed by atoms with Crippen molar-refractivity contribution >= 4 is 28.0 Å². The first-order chi connectivity index (χ1) is 27.4. The van der Waals surface area contributed by atoms with E-state index in [0.717, 1.165) is 22.6 Å². The Kier molecular flexibility index (Phi) is 7.80. The first-order valence-electron chi connectivity index (χ1n) is 20.3. The molecule has 1 heterocycles. The lowest BCUT2D eigenvalue weighted by Crippen LogP contribution is -2.16. The number of aromatic nitrogens is 1. The van der Waals surface area contributed by atoms with E-state index in [1.165, 1.54) is 94.5 Å². The monoisotopic (exact) mass is 736 g/mol. The third kappa shape index (κ3) is 5.34. The molecule has 10 rings (SSSR count). The molecule has 2 aliphatic rings. The third-order valence-electron chi connectivity index (χ3n) is 13.1. The van der Waals surface area contributed by atoms with E-state index >= 15 is 0 Å². The van der Waals surface area contributed by atoms with Gasteiger partial charge < -0.3 is 4.90 Å². The maximum absolute atomic E-state index is 5.13. The van der Waals surface area contributed by atoms with Gasteiger partial charge in [0, 0.05) is 38.8 Å². The fourth-order valence-electron chi connectivity index (χ4n) is 9.96. The zero-order valence-electron chi connectivity index (χ0n) is 34.3. The van der Waals surface area contributed by atoms with Crippen LogP contribution in [0.1, 0.15) is 72.2 Å². The summed E-state index contributed by atoms with van der Waals surface area (Å²) in [5, 5.41) is 1.17. The molecular formula is C55H48N2. The van der Waals surface area contributed by atoms with E-state index < -0.39 is 0 Å². The van der Waals surface area contributed by atoms with E-state index in [0.29, 0.717) is 0 Å². The molecule has 0 saturated heterocycles. The van der Waals surface area contributed by atoms with Crippen molar-refractivity contribution in [3.63, 3.8) is 0 Å². The summed E-state index contributed by atoms with van der Waals surface area (Å²) in [4.78, 5) is 7.54. The molecule has 2 heteroatoms. The van der Waals surface area contributed by atoms with Gasteiger partial charge in [-0.3, -0.25) is 0 Å². The highest BCUT2D eigenvalue weighted by molar-refractivity contribution is 5.94. The summed E-state index contributed by atoms with van der Waals surface area (Å²) in [6.45, 7) is 18.7. The summed E-state index contributed by atoms with van der Waals surface area (Å²) in [6, 6.07) is 54.0. The molecule has 0 bridgehead atoms. The largest absolute Gasteiger partial charge is 0.310 e. The summed E-state index contributed by atoms with van der Waals surface area (Å²) in [7, 11) is 0. The molecule has 57 heavy (non-hydrogen) atoms. The van der Waals surface area contributed by atoms with Crippen LogP contribution >= 0.6 is 0 Å². The van der Waals surface area contributed by atoms with E-state index in [-0.39, 0.29) is 10.8 Å². The Morgan fingerprint density at radius 1 is 0.386 bits per heavy atom. The molecule has 7 aromatic carbocycles. The number of hydrogen-bond acceptors (Lipinski definition) is 2. The Morgan fingerprint density at radius 3 is 1.33 bits per heavy atom. The Balaban J connectivity index is 1.13. The number of nitrogens with zero attached hydrogens (tertiary/aromatic N) is 2. The van der Waals surface area contributed by atoms with Crippen LogP contribution in [0.25, 0.3) is 55.5 Å². The molecule has 8 aromatic rings. The first-order valence-corrected chi connectivity index (χ1v) is 20.3. The van der Waals surface area contributed by atoms with E-state index in [9.17, 15) is 0 Å². The number of anilines is 3. The van der Waals surface area contributed by atoms with Gasteiger partial charge in [-0.15, -0.1) is 0 Å². The molecule has 0 aliphatic heterocycles. The van der Waals surface area contributed by atoms with Gasteiger partial charge in [-0.1, -0.05) is 113 Å². The Bertz CT molecular complexity index is 2890. The van der Waals surface area contributed by atoms with Crippen molar-refractivity contribution in [2.24, 2.45) is 0 Å². The quantitative estimate of drug-likeness (QED) is 0.175. The molecule has 0 radical (unpaired) electrons. The maximum atomic E-state index is 5.13. The van der Waals surface area contributed by atoms with Crippen LogP contribution in [-0.2, 0) is 10.8 Å². The van der Waals surface area contributed by atoms with Crippen molar-refractivity contribution in [3.05, 3.63) is 190 Å². The number of rotatable bonds is 5. The van der Waals surface area contributed by atoms with Gasteiger partial charge in [-0.2, -0.15) is 0 Å². The van der Waals surface area contributed by atoms with Crippen LogP contribution in [0.5, 0.6) is 0 Å². The number of benzene rings is 7. The number of aryl methyl sites for hydroxylation is 4. The average Bonchev–Trinajstić information content (AvgIpc) is 3.54. The standard InChI is InChI=1S/C55H48N2/c1-33-25-47-43(45-31-42(35(3)27-49(45)54(47,5)6)52-24-23-37-17-15-16-22-51(37)56-52)29-40(33)41-30-44-46-32-53(36(4)28-50(46)55(7,8)48(44)26-34(41)2)57(38-18-11-9-12-19-38)39-20-13-10-14-21-39/h9-32H,1-8H3. The van der Waals surface area contributed by atoms with Crippen LogP contribution in [0.15, 0.2) is 146 Å². The van der Waals surface area contributed by atoms with Crippen LogP contribution in [0.4, 0.5) is 17.1 Å². The second kappa shape index (κ2) is 12.6. The molecule has 0 saturated carbocycles. The number of hydrogen-bond donors (Lipinski definition) is 0. The predicted molar refractivity (Wildman–Crippen MR) is 241 cm³/mol. The molecule has 1 aromatic heterocycles. The van der Waals surface area contributed by atoms with Gasteiger partial charge >= 0.3 is 0 Å². The minimum atomic E-state index is -0.122. The van der Waals surface area contributed by atoms with Gasteiger partial charge in [-0.25, -0.2) is 4.98 Å². The number of fused-ring (bicyclic) bond motifs is 7. The average molecular weight is 737 g/mol. The zero-order chi connectivity index (χ0) is 39.4. The second-order valence-corrected chi connectivity index (χ2v) is 17.5. The molecule has 0 atom stereocenters. The minimum absolute atomic E-state index is 0.109. The van der Waals surface area contributed by atoms with Gasteiger partial charge in [0.1, 0.15) is 0 Å². The fourth-order valence-corrected chi connectivity index (χ4v) is 9.96. The van der Waals surface area contributed by atoms with Crippen LogP contribution in [0.2, 0.25) is 0 Å². The van der Waals surface area contributed by atoms with Crippen LogP contribution in [-0.4, -0.2) is 4.98 Å². The van der Waals surface area contributed by atoms with E-state index in [4.69, 9.17) is 4.98 Å². The van der Waals surface area contributed by atoms with Crippen molar-refractivity contribution in [1.82, 2.24) is 4.98 Å². The summed E-state index contributed by atoms with van der Waals surface area (Å²) in [5.41, 5.74) is 25.2. The van der Waals surface area contributed by atoms with Gasteiger partial charge in [0.05, 0.1) is 11.2 Å². The maximum Gasteiger partial charge on any atom is 0.0712 e. The lowest BCUT2D eigenvalue weighted by molar-refractivity contribution is 0.659. The Hall–Kier alpha value is -6.25. The zero-order valence-corrected chi connectivity index (χ0v) is 34.3. The van der Waals surface area contributed by atoms with E-state index in [2.05, 4.69) is 206 Å². The van der Waals surface area contributed by atoms with Crippen molar-refractivity contribution in [2.45, 2.75) is 66.2 Å². The summed E-state index contributed by atoms with van der Waals surface area (Å²) < 4.78 is 0. The molecule has 2 aliphatic carbocycles. The van der Waals surface area contributed by atoms with Gasteiger partial charge in [0.25, 0.3) is 0 Å². The summed E-state index contributed by atoms with van der Waals surface area (Å²) in [6.07, 6.45) is 0. The van der Waals surface area contributed by atoms with Gasteiger partial charge in [0.2, 0.25) is 0 Å². The topological polar surface area (TPSA) is 16.1 Å². The van der Waals surface area contributed by atoms with Crippen molar-refractivity contribution in [2.75, 3.05) is 4.90 Å². The first kappa shape index (κ1) is 35.2. The molecule has 278 valence electrons. The smallest absolute Gasteiger partial charge is 0.0712 e. The number of pyridine rings is 1. The minimum Gasteiger partial charge on any atom is -0.310 e. The summed E-state index contributed by atoms with van der Waals surface area (Å²) >= 11 is 0. The normalized spacial score (nSPS) is 14.2. The highest BCUT2D eigenvalue weighted by atomic mass is 15.1. The number of para-hydroxylation sites is 3. The highest BCUT2D eigenvalue weighted by Gasteiger charge is 2.39. The van der Waals surface area contributed by atoms with Gasteiger partial charge in [-0.05, 0) is 166 Å². The SMILES string of the molecule is Cc1cc2c(cc1-c1ccc3ccccc3n1)-c1cc(-c3cc4c(cc3C)C(C)(C)c3cc(C)c(N(c5ccccc5)c5ccccc5)cc3-4)c(C)cc1C2(C)C. The molecule has 0 fully saturated rings. The predicted octanol–water partition coefficient (Wildman–Crippen LogP) is 14.9. The Labute approximate surface area is 337 Å². The van der Waals surface area contributed by atoms with Crippen molar-refractivity contribution in [3.8, 4) is 44.6 Å². The third-order valence-corrected chi connectivity index (χ3v) is 13.1. The lowest BCUT2D eigenvalue weighted by Gasteiger charge is -2.29. The van der Waals surface area contributed by atoms with E-state index in [1.54, 1.807) is 0 Å². The van der Waals surface area contributed by atoms with Crippen LogP contribution < -0.4 is 4.90 Å².